The van der Waals surface area contributed by atoms with Crippen molar-refractivity contribution in [2.45, 2.75) is 19.9 Å². The fourth-order valence-corrected chi connectivity index (χ4v) is 3.20. The number of carbonyl (C=O) groups excluding carboxylic acids is 1. The van der Waals surface area contributed by atoms with Gasteiger partial charge in [-0.1, -0.05) is 6.07 Å². The van der Waals surface area contributed by atoms with Gasteiger partial charge in [-0.25, -0.2) is 0 Å². The minimum Gasteiger partial charge on any atom is -0.332 e. The van der Waals surface area contributed by atoms with E-state index in [-0.39, 0.29) is 5.91 Å². The molecule has 0 atom stereocenters. The van der Waals surface area contributed by atoms with Crippen LogP contribution in [0, 0.1) is 6.92 Å². The SMILES string of the molecule is Cc1nn(C)c2c1CCN(C(=O)c1cccs1)C2. The maximum Gasteiger partial charge on any atom is 0.264 e. The highest BCUT2D eigenvalue weighted by Gasteiger charge is 2.26. The average molecular weight is 261 g/mol. The van der Waals surface area contributed by atoms with Crippen molar-refractivity contribution in [3.05, 3.63) is 39.3 Å². The van der Waals surface area contributed by atoms with E-state index in [1.54, 1.807) is 0 Å². The Balaban J connectivity index is 1.87. The lowest BCUT2D eigenvalue weighted by Crippen LogP contribution is -2.36. The molecule has 0 saturated heterocycles. The first-order valence-electron chi connectivity index (χ1n) is 6.01. The van der Waals surface area contributed by atoms with Crippen LogP contribution in [0.25, 0.3) is 0 Å². The van der Waals surface area contributed by atoms with Gasteiger partial charge in [0.05, 0.1) is 22.8 Å². The Bertz CT molecular complexity index is 586. The third-order valence-corrected chi connectivity index (χ3v) is 4.33. The number of fused-ring (bicyclic) bond motifs is 1. The molecule has 0 radical (unpaired) electrons. The molecule has 1 amide bonds. The molecule has 0 unspecified atom stereocenters. The molecule has 0 aliphatic carbocycles. The van der Waals surface area contributed by atoms with Gasteiger partial charge < -0.3 is 4.90 Å². The van der Waals surface area contributed by atoms with E-state index >= 15 is 0 Å². The van der Waals surface area contributed by atoms with Gasteiger partial charge in [0.15, 0.2) is 0 Å². The number of hydrogen-bond acceptors (Lipinski definition) is 3. The number of hydrogen-bond donors (Lipinski definition) is 0. The molecule has 2 aromatic rings. The molecule has 3 rings (SSSR count). The smallest absolute Gasteiger partial charge is 0.264 e. The van der Waals surface area contributed by atoms with Crippen LogP contribution in [0.15, 0.2) is 17.5 Å². The first-order valence-corrected chi connectivity index (χ1v) is 6.89. The summed E-state index contributed by atoms with van der Waals surface area (Å²) < 4.78 is 1.90. The van der Waals surface area contributed by atoms with Gasteiger partial charge in [0.1, 0.15) is 0 Å². The Morgan fingerprint density at radius 3 is 3.06 bits per heavy atom. The topological polar surface area (TPSA) is 38.1 Å². The number of amides is 1. The summed E-state index contributed by atoms with van der Waals surface area (Å²) in [5, 5.41) is 6.37. The number of rotatable bonds is 1. The molecule has 0 N–H and O–H groups in total. The predicted molar refractivity (Wildman–Crippen MR) is 70.7 cm³/mol. The van der Waals surface area contributed by atoms with Crippen LogP contribution in [0.2, 0.25) is 0 Å². The molecule has 0 spiro atoms. The van der Waals surface area contributed by atoms with Crippen molar-refractivity contribution in [3.8, 4) is 0 Å². The zero-order chi connectivity index (χ0) is 12.7. The number of aromatic nitrogens is 2. The standard InChI is InChI=1S/C13H15N3OS/c1-9-10-5-6-16(8-11(10)15(2)14-9)13(17)12-4-3-7-18-12/h3-4,7H,5-6,8H2,1-2H3. The maximum atomic E-state index is 12.3. The molecule has 1 aliphatic heterocycles. The quantitative estimate of drug-likeness (QED) is 0.787. The molecule has 0 bridgehead atoms. The fraction of sp³-hybridized carbons (Fsp3) is 0.385. The third-order valence-electron chi connectivity index (χ3n) is 3.47. The molecular weight excluding hydrogens is 246 g/mol. The Labute approximate surface area is 110 Å². The summed E-state index contributed by atoms with van der Waals surface area (Å²) in [6.45, 7) is 3.50. The van der Waals surface area contributed by atoms with Crippen LogP contribution in [-0.4, -0.2) is 27.1 Å². The van der Waals surface area contributed by atoms with E-state index in [0.717, 1.165) is 23.5 Å². The van der Waals surface area contributed by atoms with Crippen molar-refractivity contribution in [1.82, 2.24) is 14.7 Å². The second kappa shape index (κ2) is 4.24. The second-order valence-corrected chi connectivity index (χ2v) is 5.54. The lowest BCUT2D eigenvalue weighted by atomic mass is 10.0. The number of carbonyl (C=O) groups is 1. The van der Waals surface area contributed by atoms with Crippen LogP contribution in [-0.2, 0) is 20.0 Å². The molecule has 0 aromatic carbocycles. The van der Waals surface area contributed by atoms with Crippen LogP contribution < -0.4 is 0 Å². The van der Waals surface area contributed by atoms with Crippen molar-refractivity contribution in [3.63, 3.8) is 0 Å². The lowest BCUT2D eigenvalue weighted by molar-refractivity contribution is 0.0735. The molecule has 5 heteroatoms. The summed E-state index contributed by atoms with van der Waals surface area (Å²) in [6, 6.07) is 3.80. The van der Waals surface area contributed by atoms with Crippen LogP contribution in [0.4, 0.5) is 0 Å². The van der Waals surface area contributed by atoms with Crippen molar-refractivity contribution in [2.24, 2.45) is 7.05 Å². The van der Waals surface area contributed by atoms with Crippen molar-refractivity contribution in [1.29, 1.82) is 0 Å². The van der Waals surface area contributed by atoms with Gasteiger partial charge in [-0.2, -0.15) is 5.10 Å². The van der Waals surface area contributed by atoms with Crippen LogP contribution >= 0.6 is 11.3 Å². The molecule has 18 heavy (non-hydrogen) atoms. The van der Waals surface area contributed by atoms with Crippen molar-refractivity contribution < 1.29 is 4.79 Å². The van der Waals surface area contributed by atoms with Crippen molar-refractivity contribution in [2.75, 3.05) is 6.54 Å². The zero-order valence-electron chi connectivity index (χ0n) is 10.5. The summed E-state index contributed by atoms with van der Waals surface area (Å²) in [7, 11) is 1.95. The van der Waals surface area contributed by atoms with Gasteiger partial charge in [-0.05, 0) is 30.4 Å². The van der Waals surface area contributed by atoms with Gasteiger partial charge >= 0.3 is 0 Å². The van der Waals surface area contributed by atoms with Gasteiger partial charge in [0, 0.05) is 13.6 Å². The van der Waals surface area contributed by atoms with E-state index in [4.69, 9.17) is 0 Å². The van der Waals surface area contributed by atoms with E-state index in [1.807, 2.05) is 41.1 Å². The molecular formula is C13H15N3OS. The highest BCUT2D eigenvalue weighted by atomic mass is 32.1. The normalized spacial score (nSPS) is 14.7. The Hall–Kier alpha value is -1.62. The van der Waals surface area contributed by atoms with E-state index in [0.29, 0.717) is 6.54 Å². The predicted octanol–water partition coefficient (Wildman–Crippen LogP) is 1.99. The van der Waals surface area contributed by atoms with Crippen molar-refractivity contribution >= 4 is 17.2 Å². The zero-order valence-corrected chi connectivity index (χ0v) is 11.3. The summed E-state index contributed by atoms with van der Waals surface area (Å²) in [5.41, 5.74) is 3.58. The van der Waals surface area contributed by atoms with Crippen LogP contribution in [0.1, 0.15) is 26.6 Å². The summed E-state index contributed by atoms with van der Waals surface area (Å²) in [6.07, 6.45) is 0.909. The monoisotopic (exact) mass is 261 g/mol. The average Bonchev–Trinajstić information content (AvgIpc) is 2.98. The Kier molecular flexibility index (Phi) is 2.70. The van der Waals surface area contributed by atoms with Gasteiger partial charge in [0.25, 0.3) is 5.91 Å². The van der Waals surface area contributed by atoms with E-state index in [9.17, 15) is 4.79 Å². The van der Waals surface area contributed by atoms with Crippen LogP contribution in [0.3, 0.4) is 0 Å². The van der Waals surface area contributed by atoms with E-state index < -0.39 is 0 Å². The van der Waals surface area contributed by atoms with Gasteiger partial charge in [-0.3, -0.25) is 9.48 Å². The minimum atomic E-state index is 0.134. The first-order chi connectivity index (χ1) is 8.66. The highest BCUT2D eigenvalue weighted by molar-refractivity contribution is 7.12. The van der Waals surface area contributed by atoms with Crippen LogP contribution in [0.5, 0.6) is 0 Å². The highest BCUT2D eigenvalue weighted by Crippen LogP contribution is 2.23. The Morgan fingerprint density at radius 2 is 2.33 bits per heavy atom. The van der Waals surface area contributed by atoms with Gasteiger partial charge in [0.2, 0.25) is 0 Å². The number of thiophene rings is 1. The van der Waals surface area contributed by atoms with E-state index in [2.05, 4.69) is 5.10 Å². The number of aryl methyl sites for hydroxylation is 2. The second-order valence-electron chi connectivity index (χ2n) is 4.59. The lowest BCUT2D eigenvalue weighted by Gasteiger charge is -2.27. The molecule has 3 heterocycles. The first kappa shape index (κ1) is 11.5. The molecule has 0 saturated carbocycles. The maximum absolute atomic E-state index is 12.3. The summed E-state index contributed by atoms with van der Waals surface area (Å²) >= 11 is 1.50. The summed E-state index contributed by atoms with van der Waals surface area (Å²) in [4.78, 5) is 15.0. The largest absolute Gasteiger partial charge is 0.332 e. The number of nitrogens with zero attached hydrogens (tertiary/aromatic N) is 3. The molecule has 1 aliphatic rings. The molecule has 2 aromatic heterocycles. The molecule has 94 valence electrons. The third kappa shape index (κ3) is 1.75. The molecule has 4 nitrogen and oxygen atoms in total. The van der Waals surface area contributed by atoms with E-state index in [1.165, 1.54) is 22.6 Å². The Morgan fingerprint density at radius 1 is 1.50 bits per heavy atom. The summed E-state index contributed by atoms with van der Waals surface area (Å²) in [5.74, 6) is 0.134. The minimum absolute atomic E-state index is 0.134. The van der Waals surface area contributed by atoms with Gasteiger partial charge in [-0.15, -0.1) is 11.3 Å². The fourth-order valence-electron chi connectivity index (χ4n) is 2.51. The molecule has 0 fully saturated rings.